The van der Waals surface area contributed by atoms with Crippen molar-refractivity contribution in [3.63, 3.8) is 0 Å². The molecule has 0 radical (unpaired) electrons. The van der Waals surface area contributed by atoms with E-state index in [1.807, 2.05) is 20.8 Å². The van der Waals surface area contributed by atoms with Crippen LogP contribution in [0.4, 0.5) is 0 Å². The van der Waals surface area contributed by atoms with Gasteiger partial charge in [0.15, 0.2) is 0 Å². The Balaban J connectivity index is 2.67. The van der Waals surface area contributed by atoms with Crippen molar-refractivity contribution in [2.45, 2.75) is 33.0 Å². The molecule has 100 valence electrons. The van der Waals surface area contributed by atoms with Crippen molar-refractivity contribution in [2.24, 2.45) is 17.6 Å². The average molecular weight is 244 g/mol. The van der Waals surface area contributed by atoms with Crippen LogP contribution in [-0.2, 0) is 9.53 Å². The second-order valence-corrected chi connectivity index (χ2v) is 5.08. The zero-order valence-corrected chi connectivity index (χ0v) is 10.9. The number of amides is 1. The Morgan fingerprint density at radius 2 is 2.18 bits per heavy atom. The lowest BCUT2D eigenvalue weighted by atomic mass is 9.94. The number of aliphatic hydroxyl groups excluding tert-OH is 1. The Kier molecular flexibility index (Phi) is 5.36. The highest BCUT2D eigenvalue weighted by Crippen LogP contribution is 2.17. The number of morpholine rings is 1. The SMILES string of the molecule is CC1CN(C(=O)C(CN)C(C)C)CC(CO)O1. The van der Waals surface area contributed by atoms with E-state index in [9.17, 15) is 4.79 Å². The summed E-state index contributed by atoms with van der Waals surface area (Å²) in [6.45, 7) is 7.27. The van der Waals surface area contributed by atoms with Crippen molar-refractivity contribution in [2.75, 3.05) is 26.2 Å². The summed E-state index contributed by atoms with van der Waals surface area (Å²) >= 11 is 0. The fourth-order valence-corrected chi connectivity index (χ4v) is 2.22. The molecule has 0 spiro atoms. The van der Waals surface area contributed by atoms with Crippen LogP contribution in [0.15, 0.2) is 0 Å². The molecule has 0 saturated carbocycles. The van der Waals surface area contributed by atoms with Gasteiger partial charge in [-0.1, -0.05) is 13.8 Å². The number of ether oxygens (including phenoxy) is 1. The number of aliphatic hydroxyl groups is 1. The topological polar surface area (TPSA) is 75.8 Å². The fourth-order valence-electron chi connectivity index (χ4n) is 2.22. The fraction of sp³-hybridized carbons (Fsp3) is 0.917. The highest BCUT2D eigenvalue weighted by atomic mass is 16.5. The second kappa shape index (κ2) is 6.33. The van der Waals surface area contributed by atoms with Gasteiger partial charge in [-0.15, -0.1) is 0 Å². The Morgan fingerprint density at radius 1 is 1.53 bits per heavy atom. The number of rotatable bonds is 4. The number of hydrogen-bond donors (Lipinski definition) is 2. The maximum absolute atomic E-state index is 12.3. The maximum atomic E-state index is 12.3. The normalized spacial score (nSPS) is 27.3. The van der Waals surface area contributed by atoms with Crippen molar-refractivity contribution in [1.82, 2.24) is 4.90 Å². The molecule has 0 aromatic heterocycles. The molecule has 0 bridgehead atoms. The number of nitrogens with zero attached hydrogens (tertiary/aromatic N) is 1. The van der Waals surface area contributed by atoms with Crippen LogP contribution in [0.1, 0.15) is 20.8 Å². The minimum Gasteiger partial charge on any atom is -0.394 e. The Bertz CT molecular complexity index is 258. The Labute approximate surface area is 103 Å². The van der Waals surface area contributed by atoms with Gasteiger partial charge >= 0.3 is 0 Å². The molecule has 0 aromatic carbocycles. The molecule has 0 aliphatic carbocycles. The van der Waals surface area contributed by atoms with Gasteiger partial charge < -0.3 is 20.5 Å². The van der Waals surface area contributed by atoms with Gasteiger partial charge in [-0.05, 0) is 12.8 Å². The maximum Gasteiger partial charge on any atom is 0.227 e. The van der Waals surface area contributed by atoms with Gasteiger partial charge in [0.2, 0.25) is 5.91 Å². The number of carbonyl (C=O) groups excluding carboxylic acids is 1. The van der Waals surface area contributed by atoms with E-state index < -0.39 is 0 Å². The number of carbonyl (C=O) groups is 1. The van der Waals surface area contributed by atoms with E-state index in [1.54, 1.807) is 4.90 Å². The average Bonchev–Trinajstić information content (AvgIpc) is 2.28. The highest BCUT2D eigenvalue weighted by Gasteiger charge is 2.32. The molecular weight excluding hydrogens is 220 g/mol. The molecule has 1 rings (SSSR count). The molecule has 1 aliphatic rings. The Hall–Kier alpha value is -0.650. The third kappa shape index (κ3) is 3.66. The molecule has 0 aromatic rings. The second-order valence-electron chi connectivity index (χ2n) is 5.08. The van der Waals surface area contributed by atoms with Crippen LogP contribution in [0.25, 0.3) is 0 Å². The molecule has 1 fully saturated rings. The summed E-state index contributed by atoms with van der Waals surface area (Å²) in [5.74, 6) is 0.175. The molecule has 17 heavy (non-hydrogen) atoms. The molecule has 5 nitrogen and oxygen atoms in total. The summed E-state index contributed by atoms with van der Waals surface area (Å²) < 4.78 is 5.51. The molecule has 3 unspecified atom stereocenters. The lowest BCUT2D eigenvalue weighted by molar-refractivity contribution is -0.152. The molecule has 1 saturated heterocycles. The Morgan fingerprint density at radius 3 is 2.65 bits per heavy atom. The first-order valence-electron chi connectivity index (χ1n) is 6.24. The van der Waals surface area contributed by atoms with E-state index in [1.165, 1.54) is 0 Å². The predicted octanol–water partition coefficient (Wildman–Crippen LogP) is -0.174. The minimum atomic E-state index is -0.270. The van der Waals surface area contributed by atoms with E-state index in [-0.39, 0.29) is 36.6 Å². The van der Waals surface area contributed by atoms with Gasteiger partial charge in [0.25, 0.3) is 0 Å². The van der Waals surface area contributed by atoms with Gasteiger partial charge in [0.1, 0.15) is 0 Å². The van der Waals surface area contributed by atoms with Crippen molar-refractivity contribution in [3.8, 4) is 0 Å². The van der Waals surface area contributed by atoms with Crippen LogP contribution < -0.4 is 5.73 Å². The van der Waals surface area contributed by atoms with E-state index in [4.69, 9.17) is 15.6 Å². The molecule has 3 atom stereocenters. The van der Waals surface area contributed by atoms with Crippen molar-refractivity contribution >= 4 is 5.91 Å². The summed E-state index contributed by atoms with van der Waals surface area (Å²) in [4.78, 5) is 14.1. The first-order valence-corrected chi connectivity index (χ1v) is 6.24. The summed E-state index contributed by atoms with van der Waals surface area (Å²) in [5.41, 5.74) is 5.65. The van der Waals surface area contributed by atoms with E-state index >= 15 is 0 Å². The summed E-state index contributed by atoms with van der Waals surface area (Å²) in [6.07, 6.45) is -0.302. The standard InChI is InChI=1S/C12H24N2O3/c1-8(2)11(4-13)12(16)14-5-9(3)17-10(6-14)7-15/h8-11,15H,4-7,13H2,1-3H3. The van der Waals surface area contributed by atoms with Crippen molar-refractivity contribution in [1.29, 1.82) is 0 Å². The highest BCUT2D eigenvalue weighted by molar-refractivity contribution is 5.79. The van der Waals surface area contributed by atoms with Crippen LogP contribution in [0, 0.1) is 11.8 Å². The molecular formula is C12H24N2O3. The largest absolute Gasteiger partial charge is 0.394 e. The van der Waals surface area contributed by atoms with Crippen molar-refractivity contribution < 1.29 is 14.6 Å². The van der Waals surface area contributed by atoms with E-state index in [0.717, 1.165) is 0 Å². The molecule has 1 amide bonds. The van der Waals surface area contributed by atoms with Gasteiger partial charge in [-0.2, -0.15) is 0 Å². The number of hydrogen-bond acceptors (Lipinski definition) is 4. The van der Waals surface area contributed by atoms with Crippen LogP contribution in [-0.4, -0.2) is 54.4 Å². The van der Waals surface area contributed by atoms with E-state index in [0.29, 0.717) is 19.6 Å². The summed E-state index contributed by atoms with van der Waals surface area (Å²) in [5, 5.41) is 9.13. The summed E-state index contributed by atoms with van der Waals surface area (Å²) in [6, 6.07) is 0. The van der Waals surface area contributed by atoms with E-state index in [2.05, 4.69) is 0 Å². The summed E-state index contributed by atoms with van der Waals surface area (Å²) in [7, 11) is 0. The molecule has 3 N–H and O–H groups in total. The quantitative estimate of drug-likeness (QED) is 0.719. The smallest absolute Gasteiger partial charge is 0.227 e. The van der Waals surface area contributed by atoms with Crippen LogP contribution in [0.3, 0.4) is 0 Å². The minimum absolute atomic E-state index is 0.0320. The predicted molar refractivity (Wildman–Crippen MR) is 65.4 cm³/mol. The zero-order valence-electron chi connectivity index (χ0n) is 10.9. The van der Waals surface area contributed by atoms with Gasteiger partial charge in [-0.3, -0.25) is 4.79 Å². The van der Waals surface area contributed by atoms with Crippen LogP contribution in [0.5, 0.6) is 0 Å². The van der Waals surface area contributed by atoms with Gasteiger partial charge in [0.05, 0.1) is 24.7 Å². The molecule has 5 heteroatoms. The van der Waals surface area contributed by atoms with Crippen LogP contribution in [0.2, 0.25) is 0 Å². The third-order valence-electron chi connectivity index (χ3n) is 3.22. The first-order chi connectivity index (χ1) is 7.99. The first kappa shape index (κ1) is 14.4. The molecule has 1 aliphatic heterocycles. The third-order valence-corrected chi connectivity index (χ3v) is 3.22. The van der Waals surface area contributed by atoms with Crippen LogP contribution >= 0.6 is 0 Å². The zero-order chi connectivity index (χ0) is 13.0. The monoisotopic (exact) mass is 244 g/mol. The lowest BCUT2D eigenvalue weighted by Crippen LogP contribution is -2.53. The lowest BCUT2D eigenvalue weighted by Gasteiger charge is -2.38. The number of nitrogens with two attached hydrogens (primary N) is 1. The molecule has 1 heterocycles. The van der Waals surface area contributed by atoms with Gasteiger partial charge in [0, 0.05) is 19.6 Å². The van der Waals surface area contributed by atoms with Gasteiger partial charge in [-0.25, -0.2) is 0 Å². The van der Waals surface area contributed by atoms with Crippen molar-refractivity contribution in [3.05, 3.63) is 0 Å².